The maximum atomic E-state index is 11.8. The number of tetrazole rings is 1. The molecule has 0 aliphatic heterocycles. The molecule has 7 nitrogen and oxygen atoms in total. The number of nitrogens with zero attached hydrogens (tertiary/aromatic N) is 4. The van der Waals surface area contributed by atoms with Crippen molar-refractivity contribution in [3.8, 4) is 28.3 Å². The standard InChI is InChI=1S/C23H20N4O3/c1-29-19-12-13-20(21(14-19)17-8-10-18(11-9-17)23(28)30-2)22-24-25-26-27(22)15-16-6-4-3-5-7-16/h3-14H,15H2,1-2H3. The van der Waals surface area contributed by atoms with Gasteiger partial charge < -0.3 is 9.47 Å². The molecule has 150 valence electrons. The molecule has 0 unspecified atom stereocenters. The van der Waals surface area contributed by atoms with E-state index in [4.69, 9.17) is 9.47 Å². The molecule has 0 saturated carbocycles. The van der Waals surface area contributed by atoms with Crippen LogP contribution in [0.5, 0.6) is 5.75 Å². The van der Waals surface area contributed by atoms with Crippen LogP contribution >= 0.6 is 0 Å². The molecule has 4 rings (SSSR count). The number of methoxy groups -OCH3 is 2. The first-order chi connectivity index (χ1) is 14.7. The van der Waals surface area contributed by atoms with E-state index in [1.54, 1.807) is 23.9 Å². The Morgan fingerprint density at radius 1 is 0.933 bits per heavy atom. The predicted molar refractivity (Wildman–Crippen MR) is 112 cm³/mol. The van der Waals surface area contributed by atoms with Crippen molar-refractivity contribution in [2.75, 3.05) is 14.2 Å². The van der Waals surface area contributed by atoms with E-state index in [1.807, 2.05) is 60.7 Å². The van der Waals surface area contributed by atoms with Gasteiger partial charge in [0.05, 0.1) is 26.3 Å². The molecular weight excluding hydrogens is 380 g/mol. The van der Waals surface area contributed by atoms with Gasteiger partial charge in [-0.3, -0.25) is 0 Å². The molecule has 0 fully saturated rings. The molecule has 1 aromatic heterocycles. The quantitative estimate of drug-likeness (QED) is 0.458. The highest BCUT2D eigenvalue weighted by Crippen LogP contribution is 2.34. The first-order valence-corrected chi connectivity index (χ1v) is 9.37. The first-order valence-electron chi connectivity index (χ1n) is 9.37. The van der Waals surface area contributed by atoms with E-state index < -0.39 is 0 Å². The fraction of sp³-hybridized carbons (Fsp3) is 0.130. The Morgan fingerprint density at radius 3 is 2.40 bits per heavy atom. The van der Waals surface area contributed by atoms with E-state index in [1.165, 1.54) is 7.11 Å². The number of carbonyl (C=O) groups excluding carboxylic acids is 1. The molecule has 0 saturated heterocycles. The second kappa shape index (κ2) is 8.57. The molecule has 1 heterocycles. The molecule has 0 N–H and O–H groups in total. The van der Waals surface area contributed by atoms with E-state index in [0.717, 1.165) is 22.3 Å². The van der Waals surface area contributed by atoms with Crippen LogP contribution in [0.4, 0.5) is 0 Å². The third-order valence-electron chi connectivity index (χ3n) is 4.79. The summed E-state index contributed by atoms with van der Waals surface area (Å²) in [6.07, 6.45) is 0. The van der Waals surface area contributed by atoms with E-state index in [2.05, 4.69) is 15.5 Å². The zero-order valence-corrected chi connectivity index (χ0v) is 16.6. The zero-order chi connectivity index (χ0) is 20.9. The molecule has 0 aliphatic rings. The Balaban J connectivity index is 1.77. The van der Waals surface area contributed by atoms with E-state index in [0.29, 0.717) is 23.7 Å². The van der Waals surface area contributed by atoms with Gasteiger partial charge in [0.25, 0.3) is 0 Å². The lowest BCUT2D eigenvalue weighted by Crippen LogP contribution is -2.05. The molecule has 30 heavy (non-hydrogen) atoms. The van der Waals surface area contributed by atoms with Crippen LogP contribution in [0.2, 0.25) is 0 Å². The maximum Gasteiger partial charge on any atom is 0.337 e. The van der Waals surface area contributed by atoms with Crippen LogP contribution in [0, 0.1) is 0 Å². The number of aromatic nitrogens is 4. The Labute approximate surface area is 173 Å². The van der Waals surface area contributed by atoms with Crippen molar-refractivity contribution in [1.82, 2.24) is 20.2 Å². The number of hydrogen-bond donors (Lipinski definition) is 0. The number of carbonyl (C=O) groups is 1. The minimum atomic E-state index is -0.376. The van der Waals surface area contributed by atoms with Gasteiger partial charge in [-0.15, -0.1) is 5.10 Å². The molecule has 0 spiro atoms. The summed E-state index contributed by atoms with van der Waals surface area (Å²) < 4.78 is 12.0. The van der Waals surface area contributed by atoms with E-state index >= 15 is 0 Å². The van der Waals surface area contributed by atoms with Gasteiger partial charge >= 0.3 is 5.97 Å². The second-order valence-corrected chi connectivity index (χ2v) is 6.63. The number of hydrogen-bond acceptors (Lipinski definition) is 6. The van der Waals surface area contributed by atoms with Crippen molar-refractivity contribution in [2.24, 2.45) is 0 Å². The molecule has 7 heteroatoms. The van der Waals surface area contributed by atoms with Crippen LogP contribution in [-0.2, 0) is 11.3 Å². The van der Waals surface area contributed by atoms with Gasteiger partial charge in [-0.05, 0) is 57.4 Å². The van der Waals surface area contributed by atoms with Gasteiger partial charge in [0.1, 0.15) is 5.75 Å². The number of benzene rings is 3. The van der Waals surface area contributed by atoms with Crippen LogP contribution in [-0.4, -0.2) is 40.4 Å². The summed E-state index contributed by atoms with van der Waals surface area (Å²) in [6.45, 7) is 0.552. The largest absolute Gasteiger partial charge is 0.497 e. The van der Waals surface area contributed by atoms with Gasteiger partial charge in [-0.1, -0.05) is 42.5 Å². The van der Waals surface area contributed by atoms with Crippen molar-refractivity contribution in [3.05, 3.63) is 83.9 Å². The third-order valence-corrected chi connectivity index (χ3v) is 4.79. The Morgan fingerprint density at radius 2 is 1.70 bits per heavy atom. The predicted octanol–water partition coefficient (Wildman–Crippen LogP) is 3.85. The lowest BCUT2D eigenvalue weighted by molar-refractivity contribution is 0.0601. The summed E-state index contributed by atoms with van der Waals surface area (Å²) in [7, 11) is 2.99. The second-order valence-electron chi connectivity index (χ2n) is 6.63. The molecule has 0 radical (unpaired) electrons. The first kappa shape index (κ1) is 19.3. The van der Waals surface area contributed by atoms with Crippen LogP contribution in [0.15, 0.2) is 72.8 Å². The average Bonchev–Trinajstić information content (AvgIpc) is 3.26. The van der Waals surface area contributed by atoms with Gasteiger partial charge in [-0.25, -0.2) is 9.48 Å². The topological polar surface area (TPSA) is 79.1 Å². The summed E-state index contributed by atoms with van der Waals surface area (Å²) in [5, 5.41) is 12.3. The molecule has 0 bridgehead atoms. The van der Waals surface area contributed by atoms with Crippen LogP contribution in [0.25, 0.3) is 22.5 Å². The maximum absolute atomic E-state index is 11.8. The van der Waals surface area contributed by atoms with Gasteiger partial charge in [-0.2, -0.15) is 0 Å². The summed E-state index contributed by atoms with van der Waals surface area (Å²) in [4.78, 5) is 11.8. The average molecular weight is 400 g/mol. The lowest BCUT2D eigenvalue weighted by atomic mass is 9.97. The zero-order valence-electron chi connectivity index (χ0n) is 16.6. The number of rotatable bonds is 6. The smallest absolute Gasteiger partial charge is 0.337 e. The highest BCUT2D eigenvalue weighted by molar-refractivity contribution is 5.90. The van der Waals surface area contributed by atoms with E-state index in [9.17, 15) is 4.79 Å². The highest BCUT2D eigenvalue weighted by Gasteiger charge is 2.16. The molecular formula is C23H20N4O3. The lowest BCUT2D eigenvalue weighted by Gasteiger charge is -2.12. The Hall–Kier alpha value is -4.00. The Bertz CT molecular complexity index is 1150. The molecule has 0 atom stereocenters. The monoisotopic (exact) mass is 400 g/mol. The van der Waals surface area contributed by atoms with Gasteiger partial charge in [0.2, 0.25) is 0 Å². The van der Waals surface area contributed by atoms with Crippen molar-refractivity contribution < 1.29 is 14.3 Å². The van der Waals surface area contributed by atoms with Crippen molar-refractivity contribution in [3.63, 3.8) is 0 Å². The SMILES string of the molecule is COC(=O)c1ccc(-c2cc(OC)ccc2-c2nnnn2Cc2ccccc2)cc1. The van der Waals surface area contributed by atoms with Gasteiger partial charge in [0, 0.05) is 5.56 Å². The van der Waals surface area contributed by atoms with Crippen LogP contribution < -0.4 is 4.74 Å². The summed E-state index contributed by atoms with van der Waals surface area (Å²) in [5.41, 5.74) is 4.26. The van der Waals surface area contributed by atoms with Crippen molar-refractivity contribution >= 4 is 5.97 Å². The summed E-state index contributed by atoms with van der Waals surface area (Å²) >= 11 is 0. The molecule has 3 aromatic carbocycles. The molecule has 0 aliphatic carbocycles. The third kappa shape index (κ3) is 3.91. The van der Waals surface area contributed by atoms with Gasteiger partial charge in [0.15, 0.2) is 5.82 Å². The van der Waals surface area contributed by atoms with Crippen molar-refractivity contribution in [1.29, 1.82) is 0 Å². The van der Waals surface area contributed by atoms with E-state index in [-0.39, 0.29) is 5.97 Å². The normalized spacial score (nSPS) is 10.6. The fourth-order valence-electron chi connectivity index (χ4n) is 3.25. The van der Waals surface area contributed by atoms with Crippen LogP contribution in [0.3, 0.4) is 0 Å². The highest BCUT2D eigenvalue weighted by atomic mass is 16.5. The minimum Gasteiger partial charge on any atom is -0.497 e. The Kier molecular flexibility index (Phi) is 5.52. The summed E-state index contributed by atoms with van der Waals surface area (Å²) in [6, 6.07) is 23.0. The molecule has 4 aromatic rings. The molecule has 0 amide bonds. The van der Waals surface area contributed by atoms with Crippen LogP contribution in [0.1, 0.15) is 15.9 Å². The number of esters is 1. The fourth-order valence-corrected chi connectivity index (χ4v) is 3.25. The minimum absolute atomic E-state index is 0.376. The summed E-state index contributed by atoms with van der Waals surface area (Å²) in [5.74, 6) is 0.987. The number of ether oxygens (including phenoxy) is 2. The van der Waals surface area contributed by atoms with Crippen molar-refractivity contribution in [2.45, 2.75) is 6.54 Å².